The van der Waals surface area contributed by atoms with Crippen molar-refractivity contribution in [2.45, 2.75) is 26.7 Å². The summed E-state index contributed by atoms with van der Waals surface area (Å²) in [6, 6.07) is 0. The summed E-state index contributed by atoms with van der Waals surface area (Å²) in [5, 5.41) is 0. The van der Waals surface area contributed by atoms with Crippen LogP contribution in [0.15, 0.2) is 0 Å². The quantitative estimate of drug-likeness (QED) is 0.611. The Balaban J connectivity index is 3.06. The monoisotopic (exact) mass is 147 g/mol. The summed E-state index contributed by atoms with van der Waals surface area (Å²) < 4.78 is 2.71. The molecule has 2 nitrogen and oxygen atoms in total. The first-order valence-electron chi connectivity index (χ1n) is 3.21. The highest BCUT2D eigenvalue weighted by atomic mass is 32.2. The SMILES string of the molecule is CCCC(=O)NSCC. The number of nitrogens with one attached hydrogen (secondary N) is 1. The summed E-state index contributed by atoms with van der Waals surface area (Å²) in [5.41, 5.74) is 0. The van der Waals surface area contributed by atoms with Gasteiger partial charge in [0.25, 0.3) is 0 Å². The summed E-state index contributed by atoms with van der Waals surface area (Å²) in [4.78, 5) is 10.7. The van der Waals surface area contributed by atoms with Crippen LogP contribution in [0.4, 0.5) is 0 Å². The maximum atomic E-state index is 10.7. The van der Waals surface area contributed by atoms with Crippen molar-refractivity contribution in [3.05, 3.63) is 0 Å². The van der Waals surface area contributed by atoms with Gasteiger partial charge in [0.2, 0.25) is 5.91 Å². The molecule has 54 valence electrons. The van der Waals surface area contributed by atoms with Gasteiger partial charge in [0.15, 0.2) is 0 Å². The average molecular weight is 147 g/mol. The largest absolute Gasteiger partial charge is 0.300 e. The number of hydrogen-bond acceptors (Lipinski definition) is 2. The molecule has 0 aliphatic carbocycles. The van der Waals surface area contributed by atoms with Crippen LogP contribution in [0.1, 0.15) is 26.7 Å². The van der Waals surface area contributed by atoms with E-state index in [-0.39, 0.29) is 5.91 Å². The molecule has 0 saturated carbocycles. The summed E-state index contributed by atoms with van der Waals surface area (Å²) in [7, 11) is 0. The van der Waals surface area contributed by atoms with E-state index in [9.17, 15) is 4.79 Å². The summed E-state index contributed by atoms with van der Waals surface area (Å²) in [5.74, 6) is 1.08. The number of amides is 1. The van der Waals surface area contributed by atoms with E-state index in [2.05, 4.69) is 4.72 Å². The fourth-order valence-corrected chi connectivity index (χ4v) is 0.838. The lowest BCUT2D eigenvalue weighted by atomic mass is 10.3. The standard InChI is InChI=1S/C6H13NOS/c1-3-5-6(8)7-9-4-2/h3-5H2,1-2H3,(H,7,8). The van der Waals surface area contributed by atoms with Gasteiger partial charge in [-0.25, -0.2) is 0 Å². The lowest BCUT2D eigenvalue weighted by Gasteiger charge is -1.98. The zero-order valence-corrected chi connectivity index (χ0v) is 6.75. The molecule has 1 N–H and O–H groups in total. The van der Waals surface area contributed by atoms with E-state index in [4.69, 9.17) is 0 Å². The summed E-state index contributed by atoms with van der Waals surface area (Å²) >= 11 is 1.46. The second-order valence-electron chi connectivity index (χ2n) is 1.71. The lowest BCUT2D eigenvalue weighted by Crippen LogP contribution is -2.14. The highest BCUT2D eigenvalue weighted by molar-refractivity contribution is 7.97. The van der Waals surface area contributed by atoms with Crippen LogP contribution in [0.25, 0.3) is 0 Å². The molecule has 0 aromatic carbocycles. The van der Waals surface area contributed by atoms with Crippen LogP contribution in [-0.2, 0) is 4.79 Å². The molecule has 0 atom stereocenters. The molecule has 0 unspecified atom stereocenters. The van der Waals surface area contributed by atoms with Gasteiger partial charge in [-0.1, -0.05) is 25.8 Å². The minimum atomic E-state index is 0.143. The van der Waals surface area contributed by atoms with Gasteiger partial charge in [-0.3, -0.25) is 4.79 Å². The van der Waals surface area contributed by atoms with Crippen molar-refractivity contribution in [3.63, 3.8) is 0 Å². The zero-order valence-electron chi connectivity index (χ0n) is 5.94. The first-order chi connectivity index (χ1) is 4.31. The van der Waals surface area contributed by atoms with Crippen molar-refractivity contribution in [2.75, 3.05) is 5.75 Å². The third kappa shape index (κ3) is 5.69. The van der Waals surface area contributed by atoms with Crippen molar-refractivity contribution < 1.29 is 4.79 Å². The number of carbonyl (C=O) groups excluding carboxylic acids is 1. The van der Waals surface area contributed by atoms with Crippen molar-refractivity contribution in [2.24, 2.45) is 0 Å². The van der Waals surface area contributed by atoms with E-state index in [0.29, 0.717) is 6.42 Å². The Morgan fingerprint density at radius 2 is 2.22 bits per heavy atom. The van der Waals surface area contributed by atoms with Crippen molar-refractivity contribution in [3.8, 4) is 0 Å². The molecule has 0 aliphatic heterocycles. The maximum absolute atomic E-state index is 10.7. The van der Waals surface area contributed by atoms with Gasteiger partial charge in [-0.2, -0.15) is 0 Å². The Morgan fingerprint density at radius 1 is 1.56 bits per heavy atom. The summed E-state index contributed by atoms with van der Waals surface area (Å²) in [6.07, 6.45) is 1.57. The topological polar surface area (TPSA) is 29.1 Å². The second kappa shape index (κ2) is 5.95. The molecule has 0 aromatic heterocycles. The molecule has 1 amide bonds. The minimum absolute atomic E-state index is 0.143. The van der Waals surface area contributed by atoms with Gasteiger partial charge in [-0.15, -0.1) is 0 Å². The maximum Gasteiger partial charge on any atom is 0.229 e. The van der Waals surface area contributed by atoms with Gasteiger partial charge >= 0.3 is 0 Å². The predicted octanol–water partition coefficient (Wildman–Crippen LogP) is 1.57. The zero-order chi connectivity index (χ0) is 7.11. The van der Waals surface area contributed by atoms with Gasteiger partial charge in [0.1, 0.15) is 0 Å². The Bertz CT molecular complexity index is 85.1. The average Bonchev–Trinajstić information content (AvgIpc) is 1.85. The molecule has 0 radical (unpaired) electrons. The third-order valence-corrected chi connectivity index (χ3v) is 1.47. The fourth-order valence-electron chi connectivity index (χ4n) is 0.431. The molecule has 0 bridgehead atoms. The molecule has 0 spiro atoms. The lowest BCUT2D eigenvalue weighted by molar-refractivity contribution is -0.119. The van der Waals surface area contributed by atoms with Crippen molar-refractivity contribution in [1.29, 1.82) is 0 Å². The van der Waals surface area contributed by atoms with Gasteiger partial charge < -0.3 is 4.72 Å². The van der Waals surface area contributed by atoms with E-state index in [1.807, 2.05) is 13.8 Å². The van der Waals surface area contributed by atoms with Crippen LogP contribution in [-0.4, -0.2) is 11.7 Å². The Hall–Kier alpha value is -0.180. The van der Waals surface area contributed by atoms with Crippen LogP contribution in [0.2, 0.25) is 0 Å². The number of carbonyl (C=O) groups is 1. The Labute approximate surface area is 60.5 Å². The first-order valence-corrected chi connectivity index (χ1v) is 4.20. The van der Waals surface area contributed by atoms with Crippen LogP contribution in [0, 0.1) is 0 Å². The molecular formula is C6H13NOS. The summed E-state index contributed by atoms with van der Waals surface area (Å²) in [6.45, 7) is 4.01. The molecule has 0 aliphatic rings. The smallest absolute Gasteiger partial charge is 0.229 e. The van der Waals surface area contributed by atoms with E-state index in [0.717, 1.165) is 12.2 Å². The van der Waals surface area contributed by atoms with Gasteiger partial charge in [0, 0.05) is 12.2 Å². The molecule has 0 aromatic rings. The van der Waals surface area contributed by atoms with Gasteiger partial charge in [0.05, 0.1) is 0 Å². The molecule has 0 heterocycles. The highest BCUT2D eigenvalue weighted by Crippen LogP contribution is 1.93. The van der Waals surface area contributed by atoms with Crippen LogP contribution < -0.4 is 4.72 Å². The van der Waals surface area contributed by atoms with E-state index < -0.39 is 0 Å². The van der Waals surface area contributed by atoms with Crippen molar-refractivity contribution >= 4 is 17.9 Å². The molecule has 0 rings (SSSR count). The first kappa shape index (κ1) is 8.82. The molecule has 0 fully saturated rings. The third-order valence-electron chi connectivity index (χ3n) is 0.807. The van der Waals surface area contributed by atoms with Crippen molar-refractivity contribution in [1.82, 2.24) is 4.72 Å². The van der Waals surface area contributed by atoms with Gasteiger partial charge in [-0.05, 0) is 6.42 Å². The molecule has 0 saturated heterocycles. The number of hydrogen-bond donors (Lipinski definition) is 1. The highest BCUT2D eigenvalue weighted by Gasteiger charge is 1.95. The number of rotatable bonds is 4. The fraction of sp³-hybridized carbons (Fsp3) is 0.833. The Kier molecular flexibility index (Phi) is 5.83. The van der Waals surface area contributed by atoms with Crippen LogP contribution in [0.3, 0.4) is 0 Å². The van der Waals surface area contributed by atoms with Crippen LogP contribution in [0.5, 0.6) is 0 Å². The van der Waals surface area contributed by atoms with E-state index >= 15 is 0 Å². The second-order valence-corrected chi connectivity index (χ2v) is 2.78. The normalized spacial score (nSPS) is 9.11. The molecular weight excluding hydrogens is 134 g/mol. The minimum Gasteiger partial charge on any atom is -0.300 e. The molecule has 9 heavy (non-hydrogen) atoms. The van der Waals surface area contributed by atoms with Crippen LogP contribution >= 0.6 is 11.9 Å². The Morgan fingerprint density at radius 3 is 2.67 bits per heavy atom. The molecule has 3 heteroatoms. The van der Waals surface area contributed by atoms with E-state index in [1.54, 1.807) is 0 Å². The predicted molar refractivity (Wildman–Crippen MR) is 41.2 cm³/mol. The van der Waals surface area contributed by atoms with E-state index in [1.165, 1.54) is 11.9 Å².